The Morgan fingerprint density at radius 1 is 1.13 bits per heavy atom. The number of aryl methyl sites for hydroxylation is 1. The number of aromatic nitrogens is 1. The zero-order valence-corrected chi connectivity index (χ0v) is 19.0. The second-order valence-electron chi connectivity index (χ2n) is 8.87. The topological polar surface area (TPSA) is 133 Å². The van der Waals surface area contributed by atoms with Gasteiger partial charge in [0.15, 0.2) is 0 Å². The summed E-state index contributed by atoms with van der Waals surface area (Å²) in [6, 6.07) is 3.87. The molecular formula is C23H39N7O. The molecule has 2 fully saturated rings. The summed E-state index contributed by atoms with van der Waals surface area (Å²) in [5.74, 6) is 13.8. The van der Waals surface area contributed by atoms with Crippen LogP contribution in [0.15, 0.2) is 29.7 Å². The van der Waals surface area contributed by atoms with Gasteiger partial charge in [-0.25, -0.2) is 16.7 Å². The fourth-order valence-electron chi connectivity index (χ4n) is 4.04. The van der Waals surface area contributed by atoms with Crippen molar-refractivity contribution in [1.82, 2.24) is 15.0 Å². The van der Waals surface area contributed by atoms with Gasteiger partial charge in [-0.3, -0.25) is 0 Å². The second-order valence-corrected chi connectivity index (χ2v) is 8.87. The predicted molar refractivity (Wildman–Crippen MR) is 125 cm³/mol. The first kappa shape index (κ1) is 23.2. The van der Waals surface area contributed by atoms with E-state index in [0.29, 0.717) is 29.6 Å². The SMILES string of the molecule is CCc1nc(/C(N)=C(\CN(N)/C=C(\N)CC2CC2)N(C)N)ccc1OC1CCCCC1. The molecule has 2 aliphatic rings. The Morgan fingerprint density at radius 3 is 2.45 bits per heavy atom. The van der Waals surface area contributed by atoms with Crippen molar-refractivity contribution in [3.05, 3.63) is 41.1 Å². The van der Waals surface area contributed by atoms with E-state index in [2.05, 4.69) is 6.92 Å². The fourth-order valence-corrected chi connectivity index (χ4v) is 4.04. The summed E-state index contributed by atoms with van der Waals surface area (Å²) < 4.78 is 6.26. The summed E-state index contributed by atoms with van der Waals surface area (Å²) in [6.07, 6.45) is 12.2. The van der Waals surface area contributed by atoms with Gasteiger partial charge in [0, 0.05) is 18.9 Å². The Hall–Kier alpha value is -2.45. The van der Waals surface area contributed by atoms with Gasteiger partial charge in [-0.05, 0) is 69.4 Å². The Labute approximate surface area is 186 Å². The summed E-state index contributed by atoms with van der Waals surface area (Å²) in [4.78, 5) is 4.79. The third kappa shape index (κ3) is 6.77. The van der Waals surface area contributed by atoms with Crippen LogP contribution in [0.3, 0.4) is 0 Å². The summed E-state index contributed by atoms with van der Waals surface area (Å²) in [5.41, 5.74) is 16.1. The largest absolute Gasteiger partial charge is 0.489 e. The van der Waals surface area contributed by atoms with E-state index in [1.807, 2.05) is 12.1 Å². The van der Waals surface area contributed by atoms with Crippen molar-refractivity contribution in [2.75, 3.05) is 13.6 Å². The van der Waals surface area contributed by atoms with Crippen molar-refractivity contribution >= 4 is 5.70 Å². The lowest BCUT2D eigenvalue weighted by Gasteiger charge is -2.25. The minimum atomic E-state index is 0.281. The molecule has 0 amide bonds. The molecule has 0 unspecified atom stereocenters. The fraction of sp³-hybridized carbons (Fsp3) is 0.609. The van der Waals surface area contributed by atoms with Gasteiger partial charge in [0.05, 0.1) is 35.4 Å². The number of hydrazine groups is 2. The van der Waals surface area contributed by atoms with E-state index in [1.54, 1.807) is 13.2 Å². The third-order valence-corrected chi connectivity index (χ3v) is 6.01. The van der Waals surface area contributed by atoms with Crippen molar-refractivity contribution in [2.45, 2.75) is 70.8 Å². The van der Waals surface area contributed by atoms with Crippen LogP contribution in [0.5, 0.6) is 5.75 Å². The molecule has 1 heterocycles. The van der Waals surface area contributed by atoms with Crippen LogP contribution in [0.2, 0.25) is 0 Å². The first-order valence-electron chi connectivity index (χ1n) is 11.5. The van der Waals surface area contributed by atoms with Crippen LogP contribution in [0.25, 0.3) is 5.70 Å². The Morgan fingerprint density at radius 2 is 1.84 bits per heavy atom. The van der Waals surface area contributed by atoms with E-state index in [4.69, 9.17) is 32.9 Å². The number of rotatable bonds is 10. The van der Waals surface area contributed by atoms with Gasteiger partial charge in [0.1, 0.15) is 5.75 Å². The molecule has 31 heavy (non-hydrogen) atoms. The van der Waals surface area contributed by atoms with E-state index in [0.717, 1.165) is 42.8 Å². The second kappa shape index (κ2) is 10.7. The predicted octanol–water partition coefficient (Wildman–Crippen LogP) is 2.56. The van der Waals surface area contributed by atoms with Crippen molar-refractivity contribution < 1.29 is 4.74 Å². The lowest BCUT2D eigenvalue weighted by Crippen LogP contribution is -2.38. The minimum absolute atomic E-state index is 0.281. The van der Waals surface area contributed by atoms with Gasteiger partial charge < -0.3 is 26.2 Å². The first-order chi connectivity index (χ1) is 14.9. The van der Waals surface area contributed by atoms with Gasteiger partial charge in [-0.1, -0.05) is 13.3 Å². The number of ether oxygens (including phenoxy) is 1. The summed E-state index contributed by atoms with van der Waals surface area (Å²) >= 11 is 0. The number of nitrogens with two attached hydrogens (primary N) is 4. The lowest BCUT2D eigenvalue weighted by molar-refractivity contribution is 0.153. The van der Waals surface area contributed by atoms with E-state index in [1.165, 1.54) is 42.1 Å². The number of allylic oxidation sites excluding steroid dienone is 1. The summed E-state index contributed by atoms with van der Waals surface area (Å²) in [5, 5.41) is 3.02. The molecule has 0 bridgehead atoms. The number of nitrogens with zero attached hydrogens (tertiary/aromatic N) is 3. The molecule has 1 aromatic rings. The molecule has 8 N–H and O–H groups in total. The van der Waals surface area contributed by atoms with Crippen LogP contribution in [0.1, 0.15) is 69.7 Å². The Kier molecular flexibility index (Phi) is 8.03. The average molecular weight is 430 g/mol. The average Bonchev–Trinajstić information content (AvgIpc) is 3.56. The van der Waals surface area contributed by atoms with Gasteiger partial charge in [-0.2, -0.15) is 0 Å². The highest BCUT2D eigenvalue weighted by Crippen LogP contribution is 2.34. The minimum Gasteiger partial charge on any atom is -0.489 e. The van der Waals surface area contributed by atoms with Crippen molar-refractivity contribution in [3.63, 3.8) is 0 Å². The number of likely N-dealkylation sites (N-methyl/N-ethyl adjacent to an activating group) is 1. The molecule has 2 saturated carbocycles. The van der Waals surface area contributed by atoms with Gasteiger partial charge >= 0.3 is 0 Å². The molecule has 3 rings (SSSR count). The third-order valence-electron chi connectivity index (χ3n) is 6.01. The van der Waals surface area contributed by atoms with Crippen molar-refractivity contribution in [1.29, 1.82) is 0 Å². The molecule has 0 saturated heterocycles. The highest BCUT2D eigenvalue weighted by atomic mass is 16.5. The van der Waals surface area contributed by atoms with E-state index >= 15 is 0 Å². The van der Waals surface area contributed by atoms with Crippen LogP contribution in [-0.4, -0.2) is 34.7 Å². The van der Waals surface area contributed by atoms with Crippen LogP contribution in [0.4, 0.5) is 0 Å². The molecule has 8 nitrogen and oxygen atoms in total. The normalized spacial score (nSPS) is 18.5. The molecule has 2 aliphatic carbocycles. The highest BCUT2D eigenvalue weighted by molar-refractivity contribution is 5.63. The van der Waals surface area contributed by atoms with Gasteiger partial charge in [-0.15, -0.1) is 0 Å². The van der Waals surface area contributed by atoms with E-state index < -0.39 is 0 Å². The molecule has 0 spiro atoms. The Balaban J connectivity index is 1.76. The first-order valence-corrected chi connectivity index (χ1v) is 11.5. The number of hydrogen-bond donors (Lipinski definition) is 4. The quantitative estimate of drug-likeness (QED) is 0.329. The van der Waals surface area contributed by atoms with Crippen LogP contribution >= 0.6 is 0 Å². The van der Waals surface area contributed by atoms with Gasteiger partial charge in [0.2, 0.25) is 0 Å². The van der Waals surface area contributed by atoms with E-state index in [-0.39, 0.29) is 6.10 Å². The zero-order chi connectivity index (χ0) is 22.4. The van der Waals surface area contributed by atoms with Gasteiger partial charge in [0.25, 0.3) is 0 Å². The molecule has 1 aromatic heterocycles. The molecule has 0 atom stereocenters. The maximum absolute atomic E-state index is 6.49. The summed E-state index contributed by atoms with van der Waals surface area (Å²) in [7, 11) is 1.74. The maximum Gasteiger partial charge on any atom is 0.141 e. The molecule has 0 radical (unpaired) electrons. The van der Waals surface area contributed by atoms with Crippen molar-refractivity contribution in [2.24, 2.45) is 29.1 Å². The molecule has 0 aliphatic heterocycles. The molecule has 0 aromatic carbocycles. The molecule has 8 heteroatoms. The van der Waals surface area contributed by atoms with Crippen LogP contribution in [0, 0.1) is 5.92 Å². The zero-order valence-electron chi connectivity index (χ0n) is 19.0. The van der Waals surface area contributed by atoms with E-state index in [9.17, 15) is 0 Å². The molecule has 172 valence electrons. The van der Waals surface area contributed by atoms with Crippen LogP contribution < -0.4 is 27.9 Å². The monoisotopic (exact) mass is 429 g/mol. The summed E-state index contributed by atoms with van der Waals surface area (Å²) in [6.45, 7) is 2.40. The maximum atomic E-state index is 6.49. The van der Waals surface area contributed by atoms with Crippen LogP contribution in [-0.2, 0) is 6.42 Å². The number of pyridine rings is 1. The van der Waals surface area contributed by atoms with Crippen molar-refractivity contribution in [3.8, 4) is 5.75 Å². The lowest BCUT2D eigenvalue weighted by atomic mass is 9.98. The highest BCUT2D eigenvalue weighted by Gasteiger charge is 2.22. The standard InChI is InChI=1S/C23H39N7O/c1-3-19-22(31-18-7-5-4-6-8-18)12-11-20(28-19)23(25)21(29(2)26)15-30(27)14-17(24)13-16-9-10-16/h11-12,14,16,18H,3-10,13,15,24-27H2,1-2H3/b17-14-,23-21-. The number of hydrogen-bond acceptors (Lipinski definition) is 8. The Bertz CT molecular complexity index is 795. The molecular weight excluding hydrogens is 390 g/mol. The smallest absolute Gasteiger partial charge is 0.141 e.